The highest BCUT2D eigenvalue weighted by Gasteiger charge is 2.20. The van der Waals surface area contributed by atoms with Gasteiger partial charge in [0.1, 0.15) is 11.2 Å². The molecule has 0 spiro atoms. The predicted molar refractivity (Wildman–Crippen MR) is 245 cm³/mol. The molecule has 0 aliphatic rings. The summed E-state index contributed by atoms with van der Waals surface area (Å²) < 4.78 is 6.30. The minimum absolute atomic E-state index is 0.905. The summed E-state index contributed by atoms with van der Waals surface area (Å²) in [5.41, 5.74) is 14.6. The lowest BCUT2D eigenvalue weighted by Crippen LogP contribution is -2.11. The van der Waals surface area contributed by atoms with Crippen LogP contribution in [0.25, 0.3) is 88.0 Å². The number of benzene rings is 10. The Morgan fingerprint density at radius 2 is 0.845 bits per heavy atom. The van der Waals surface area contributed by atoms with Crippen LogP contribution in [0.15, 0.2) is 229 Å². The molecular weight excluding hydrogens is 703 g/mol. The van der Waals surface area contributed by atoms with Gasteiger partial charge in [0.05, 0.1) is 5.69 Å². The van der Waals surface area contributed by atoms with E-state index in [1.165, 1.54) is 60.5 Å². The highest BCUT2D eigenvalue weighted by atomic mass is 16.3. The fourth-order valence-corrected chi connectivity index (χ4v) is 8.62. The molecule has 0 amide bonds. The first kappa shape index (κ1) is 33.6. The first-order chi connectivity index (χ1) is 28.7. The molecule has 0 N–H and O–H groups in total. The zero-order valence-electron chi connectivity index (χ0n) is 31.7. The topological polar surface area (TPSA) is 16.4 Å². The SMILES string of the molecule is c1ccc(-c2ccc(N(c3ccc(-c4cccc(-c5ccc6ccccc6c5)c4)cc3)c3ccccc3-c3cccc4c3ccc3oc5ccccc5c34)cc2)cc1. The van der Waals surface area contributed by atoms with Crippen LogP contribution in [-0.4, -0.2) is 0 Å². The van der Waals surface area contributed by atoms with Crippen molar-refractivity contribution in [2.45, 2.75) is 0 Å². The van der Waals surface area contributed by atoms with Crippen molar-refractivity contribution in [2.75, 3.05) is 4.90 Å². The standard InChI is InChI=1S/C56H37NO/c1-2-12-38(13-3-1)40-26-30-46(31-27-40)57(47-32-28-41(29-33-47)43-16-10-17-44(36-43)45-25-24-39-14-4-5-15-42(39)37-45)53-22-8-6-18-50(53)48-20-11-21-51-49(48)34-35-55-56(51)52-19-7-9-23-54(52)58-55/h1-37H. The zero-order valence-corrected chi connectivity index (χ0v) is 31.7. The third kappa shape index (κ3) is 5.91. The molecule has 58 heavy (non-hydrogen) atoms. The molecule has 11 aromatic rings. The largest absolute Gasteiger partial charge is 0.456 e. The highest BCUT2D eigenvalue weighted by Crippen LogP contribution is 2.45. The zero-order chi connectivity index (χ0) is 38.4. The van der Waals surface area contributed by atoms with Gasteiger partial charge in [0, 0.05) is 27.7 Å². The van der Waals surface area contributed by atoms with Crippen LogP contribution >= 0.6 is 0 Å². The van der Waals surface area contributed by atoms with Gasteiger partial charge in [0.15, 0.2) is 0 Å². The van der Waals surface area contributed by atoms with E-state index in [0.717, 1.165) is 44.6 Å². The summed E-state index contributed by atoms with van der Waals surface area (Å²) >= 11 is 0. The molecule has 0 radical (unpaired) electrons. The number of rotatable bonds is 7. The Bertz CT molecular complexity index is 3270. The molecule has 0 saturated heterocycles. The van der Waals surface area contributed by atoms with Gasteiger partial charge in [0.25, 0.3) is 0 Å². The van der Waals surface area contributed by atoms with Gasteiger partial charge >= 0.3 is 0 Å². The second-order valence-electron chi connectivity index (χ2n) is 14.9. The van der Waals surface area contributed by atoms with E-state index in [2.05, 4.69) is 217 Å². The van der Waals surface area contributed by atoms with E-state index in [1.807, 2.05) is 12.1 Å². The van der Waals surface area contributed by atoms with Crippen LogP contribution in [0.4, 0.5) is 17.1 Å². The molecule has 10 aromatic carbocycles. The van der Waals surface area contributed by atoms with Crippen molar-refractivity contribution in [2.24, 2.45) is 0 Å². The van der Waals surface area contributed by atoms with Crippen molar-refractivity contribution in [1.29, 1.82) is 0 Å². The monoisotopic (exact) mass is 739 g/mol. The van der Waals surface area contributed by atoms with Crippen LogP contribution in [0, 0.1) is 0 Å². The maximum atomic E-state index is 6.30. The molecule has 0 atom stereocenters. The molecule has 11 rings (SSSR count). The molecule has 0 fully saturated rings. The lowest BCUT2D eigenvalue weighted by molar-refractivity contribution is 0.669. The van der Waals surface area contributed by atoms with Gasteiger partial charge in [-0.15, -0.1) is 0 Å². The van der Waals surface area contributed by atoms with Crippen LogP contribution < -0.4 is 4.90 Å². The van der Waals surface area contributed by atoms with Gasteiger partial charge in [-0.3, -0.25) is 0 Å². The van der Waals surface area contributed by atoms with Gasteiger partial charge < -0.3 is 9.32 Å². The Morgan fingerprint density at radius 3 is 1.66 bits per heavy atom. The molecule has 1 aromatic heterocycles. The molecule has 0 unspecified atom stereocenters. The summed E-state index contributed by atoms with van der Waals surface area (Å²) in [4.78, 5) is 2.39. The normalized spacial score (nSPS) is 11.4. The second kappa shape index (κ2) is 14.1. The smallest absolute Gasteiger partial charge is 0.136 e. The Labute approximate surface area is 337 Å². The van der Waals surface area contributed by atoms with E-state index in [0.29, 0.717) is 0 Å². The number of nitrogens with zero attached hydrogens (tertiary/aromatic N) is 1. The third-order valence-corrected chi connectivity index (χ3v) is 11.5. The van der Waals surface area contributed by atoms with Gasteiger partial charge in [-0.1, -0.05) is 170 Å². The molecule has 0 aliphatic heterocycles. The van der Waals surface area contributed by atoms with Crippen molar-refractivity contribution in [3.05, 3.63) is 224 Å². The lowest BCUT2D eigenvalue weighted by Gasteiger charge is -2.28. The Balaban J connectivity index is 1.03. The molecular formula is C56H37NO. The quantitative estimate of drug-likeness (QED) is 0.162. The van der Waals surface area contributed by atoms with Crippen LogP contribution in [0.1, 0.15) is 0 Å². The molecule has 0 bridgehead atoms. The molecule has 1 heterocycles. The average molecular weight is 740 g/mol. The van der Waals surface area contributed by atoms with E-state index in [1.54, 1.807) is 0 Å². The molecule has 2 heteroatoms. The maximum Gasteiger partial charge on any atom is 0.136 e. The summed E-state index contributed by atoms with van der Waals surface area (Å²) in [7, 11) is 0. The van der Waals surface area contributed by atoms with Gasteiger partial charge in [-0.25, -0.2) is 0 Å². The average Bonchev–Trinajstić information content (AvgIpc) is 3.69. The minimum atomic E-state index is 0.905. The van der Waals surface area contributed by atoms with Crippen molar-refractivity contribution < 1.29 is 4.42 Å². The van der Waals surface area contributed by atoms with Crippen molar-refractivity contribution >= 4 is 60.5 Å². The lowest BCUT2D eigenvalue weighted by atomic mass is 9.94. The highest BCUT2D eigenvalue weighted by molar-refractivity contribution is 6.21. The Kier molecular flexibility index (Phi) is 8.19. The number of furan rings is 1. The summed E-state index contributed by atoms with van der Waals surface area (Å²) in [5, 5.41) is 7.17. The number of anilines is 3. The maximum absolute atomic E-state index is 6.30. The van der Waals surface area contributed by atoms with E-state index < -0.39 is 0 Å². The third-order valence-electron chi connectivity index (χ3n) is 11.5. The van der Waals surface area contributed by atoms with Crippen LogP contribution in [-0.2, 0) is 0 Å². The first-order valence-corrected chi connectivity index (χ1v) is 19.8. The van der Waals surface area contributed by atoms with Crippen molar-refractivity contribution in [3.63, 3.8) is 0 Å². The number of hydrogen-bond donors (Lipinski definition) is 0. The molecule has 0 aliphatic carbocycles. The predicted octanol–water partition coefficient (Wildman–Crippen LogP) is 16.0. The fraction of sp³-hybridized carbons (Fsp3) is 0. The van der Waals surface area contributed by atoms with E-state index >= 15 is 0 Å². The van der Waals surface area contributed by atoms with E-state index in [9.17, 15) is 0 Å². The van der Waals surface area contributed by atoms with Crippen LogP contribution in [0.5, 0.6) is 0 Å². The van der Waals surface area contributed by atoms with Crippen molar-refractivity contribution in [3.8, 4) is 44.5 Å². The molecule has 272 valence electrons. The van der Waals surface area contributed by atoms with Crippen LogP contribution in [0.2, 0.25) is 0 Å². The van der Waals surface area contributed by atoms with Gasteiger partial charge in [-0.05, 0) is 115 Å². The Hall–Kier alpha value is -7.68. The van der Waals surface area contributed by atoms with Crippen LogP contribution in [0.3, 0.4) is 0 Å². The van der Waals surface area contributed by atoms with Crippen molar-refractivity contribution in [1.82, 2.24) is 0 Å². The molecule has 2 nitrogen and oxygen atoms in total. The van der Waals surface area contributed by atoms with E-state index in [4.69, 9.17) is 4.42 Å². The molecule has 0 saturated carbocycles. The van der Waals surface area contributed by atoms with Gasteiger partial charge in [0.2, 0.25) is 0 Å². The summed E-state index contributed by atoms with van der Waals surface area (Å²) in [5.74, 6) is 0. The number of para-hydroxylation sites is 2. The number of fused-ring (bicyclic) bond motifs is 6. The summed E-state index contributed by atoms with van der Waals surface area (Å²) in [6.45, 7) is 0. The minimum Gasteiger partial charge on any atom is -0.456 e. The Morgan fingerprint density at radius 1 is 0.293 bits per heavy atom. The van der Waals surface area contributed by atoms with Gasteiger partial charge in [-0.2, -0.15) is 0 Å². The summed E-state index contributed by atoms with van der Waals surface area (Å²) in [6, 6.07) is 80.7. The van der Waals surface area contributed by atoms with E-state index in [-0.39, 0.29) is 0 Å². The first-order valence-electron chi connectivity index (χ1n) is 19.8. The second-order valence-corrected chi connectivity index (χ2v) is 14.9. The summed E-state index contributed by atoms with van der Waals surface area (Å²) in [6.07, 6.45) is 0. The fourth-order valence-electron chi connectivity index (χ4n) is 8.62. The number of hydrogen-bond acceptors (Lipinski definition) is 2.